The molecule has 136 valence electrons. The zero-order valence-electron chi connectivity index (χ0n) is 13.2. The van der Waals surface area contributed by atoms with E-state index < -0.39 is 54.0 Å². The van der Waals surface area contributed by atoms with Crippen LogP contribution in [-0.4, -0.2) is 42.1 Å². The Hall–Kier alpha value is -2.68. The molecule has 0 aliphatic carbocycles. The van der Waals surface area contributed by atoms with Crippen molar-refractivity contribution in [1.29, 1.82) is 0 Å². The fourth-order valence-corrected chi connectivity index (χ4v) is 3.86. The molecule has 2 bridgehead atoms. The quantitative estimate of drug-likeness (QED) is 0.644. The number of halogens is 3. The molecule has 0 spiro atoms. The van der Waals surface area contributed by atoms with E-state index in [1.807, 2.05) is 0 Å². The highest BCUT2D eigenvalue weighted by atomic mass is 19.4. The van der Waals surface area contributed by atoms with Gasteiger partial charge in [0, 0.05) is 0 Å². The highest BCUT2D eigenvalue weighted by Crippen LogP contribution is 2.52. The number of imide groups is 1. The summed E-state index contributed by atoms with van der Waals surface area (Å²) in [7, 11) is 0. The lowest BCUT2D eigenvalue weighted by molar-refractivity contribution is -0.174. The van der Waals surface area contributed by atoms with Gasteiger partial charge in [0.25, 0.3) is 0 Å². The van der Waals surface area contributed by atoms with Crippen molar-refractivity contribution in [2.75, 3.05) is 11.4 Å². The molecule has 1 N–H and O–H groups in total. The Balaban J connectivity index is 1.62. The van der Waals surface area contributed by atoms with Gasteiger partial charge in [-0.15, -0.1) is 0 Å². The van der Waals surface area contributed by atoms with Crippen molar-refractivity contribution in [2.24, 2.45) is 11.8 Å². The molecule has 3 aliphatic rings. The smallest absolute Gasteiger partial charge is 0.360 e. The van der Waals surface area contributed by atoms with Crippen LogP contribution in [0.15, 0.2) is 42.5 Å². The molecule has 4 atom stereocenters. The zero-order chi connectivity index (χ0) is 18.7. The van der Waals surface area contributed by atoms with Crippen LogP contribution < -0.4 is 10.2 Å². The topological polar surface area (TPSA) is 75.7 Å². The van der Waals surface area contributed by atoms with E-state index in [2.05, 4.69) is 0 Å². The van der Waals surface area contributed by atoms with E-state index in [0.29, 0.717) is 5.69 Å². The number of alkyl halides is 3. The first kappa shape index (κ1) is 16.8. The van der Waals surface area contributed by atoms with E-state index in [1.165, 1.54) is 6.08 Å². The van der Waals surface area contributed by atoms with Gasteiger partial charge in [-0.25, -0.2) is 4.90 Å². The summed E-state index contributed by atoms with van der Waals surface area (Å²) in [5.74, 6) is -4.90. The number of para-hydroxylation sites is 1. The predicted molar refractivity (Wildman–Crippen MR) is 81.7 cm³/mol. The maximum atomic E-state index is 12.9. The first-order chi connectivity index (χ1) is 12.2. The fourth-order valence-electron chi connectivity index (χ4n) is 3.86. The highest BCUT2D eigenvalue weighted by Gasteiger charge is 2.68. The van der Waals surface area contributed by atoms with Crippen LogP contribution >= 0.6 is 0 Å². The Morgan fingerprint density at radius 3 is 2.54 bits per heavy atom. The SMILES string of the molecule is O=C1[C@H]2[C@@H]3C=C[C@](CNC(=O)C(F)(F)F)(O3)[C@H]2C(=O)N1c1ccccc1. The van der Waals surface area contributed by atoms with E-state index in [1.54, 1.807) is 41.7 Å². The summed E-state index contributed by atoms with van der Waals surface area (Å²) in [6, 6.07) is 8.29. The van der Waals surface area contributed by atoms with Crippen LogP contribution in [0.5, 0.6) is 0 Å². The number of rotatable bonds is 3. The van der Waals surface area contributed by atoms with E-state index in [-0.39, 0.29) is 0 Å². The molecular formula is C17H13F3N2O4. The van der Waals surface area contributed by atoms with Crippen LogP contribution in [0.1, 0.15) is 0 Å². The van der Waals surface area contributed by atoms with Crippen molar-refractivity contribution >= 4 is 23.4 Å². The van der Waals surface area contributed by atoms with Gasteiger partial charge in [-0.2, -0.15) is 13.2 Å². The van der Waals surface area contributed by atoms with Gasteiger partial charge in [-0.3, -0.25) is 14.4 Å². The lowest BCUT2D eigenvalue weighted by Crippen LogP contribution is -2.51. The number of fused-ring (bicyclic) bond motifs is 5. The monoisotopic (exact) mass is 366 g/mol. The molecule has 26 heavy (non-hydrogen) atoms. The van der Waals surface area contributed by atoms with Crippen LogP contribution in [0, 0.1) is 11.8 Å². The van der Waals surface area contributed by atoms with Crippen LogP contribution in [0.3, 0.4) is 0 Å². The van der Waals surface area contributed by atoms with Gasteiger partial charge in [0.1, 0.15) is 5.60 Å². The van der Waals surface area contributed by atoms with Gasteiger partial charge in [0.05, 0.1) is 30.2 Å². The molecular weight excluding hydrogens is 353 g/mol. The molecule has 2 fully saturated rings. The summed E-state index contributed by atoms with van der Waals surface area (Å²) in [6.07, 6.45) is -2.72. The van der Waals surface area contributed by atoms with Gasteiger partial charge in [-0.1, -0.05) is 30.4 Å². The minimum atomic E-state index is -5.04. The number of ether oxygens (including phenoxy) is 1. The average Bonchev–Trinajstić information content (AvgIpc) is 3.23. The normalized spacial score (nSPS) is 32.3. The van der Waals surface area contributed by atoms with Gasteiger partial charge < -0.3 is 10.1 Å². The molecule has 1 aromatic carbocycles. The van der Waals surface area contributed by atoms with Gasteiger partial charge >= 0.3 is 12.1 Å². The maximum Gasteiger partial charge on any atom is 0.471 e. The molecule has 0 unspecified atom stereocenters. The van der Waals surface area contributed by atoms with E-state index in [4.69, 9.17) is 4.74 Å². The minimum Gasteiger partial charge on any atom is -0.360 e. The highest BCUT2D eigenvalue weighted by molar-refractivity contribution is 6.23. The molecule has 6 nitrogen and oxygen atoms in total. The summed E-state index contributed by atoms with van der Waals surface area (Å²) in [5, 5.41) is 1.76. The zero-order valence-corrected chi connectivity index (χ0v) is 13.2. The Labute approximate surface area is 145 Å². The molecule has 3 amide bonds. The number of anilines is 1. The third kappa shape index (κ3) is 2.27. The maximum absolute atomic E-state index is 12.9. The second-order valence-electron chi connectivity index (χ2n) is 6.43. The van der Waals surface area contributed by atoms with Crippen molar-refractivity contribution < 1.29 is 32.3 Å². The van der Waals surface area contributed by atoms with Gasteiger partial charge in [-0.05, 0) is 12.1 Å². The van der Waals surface area contributed by atoms with Crippen LogP contribution in [-0.2, 0) is 19.1 Å². The standard InChI is InChI=1S/C17H13F3N2O4/c18-17(19,20)15(25)21-8-16-7-6-10(26-16)11-12(16)14(24)22(13(11)23)9-4-2-1-3-5-9/h1-7,10-12H,8H2,(H,21,25)/t10-,11-,12+,16+/m0/s1. The fraction of sp³-hybridized carbons (Fsp3) is 0.353. The molecule has 0 radical (unpaired) electrons. The van der Waals surface area contributed by atoms with Crippen molar-refractivity contribution in [3.05, 3.63) is 42.5 Å². The number of hydrogen-bond donors (Lipinski definition) is 1. The average molecular weight is 366 g/mol. The summed E-state index contributed by atoms with van der Waals surface area (Å²) in [4.78, 5) is 37.8. The molecule has 1 aromatic rings. The molecule has 0 aromatic heterocycles. The number of nitrogens with zero attached hydrogens (tertiary/aromatic N) is 1. The first-order valence-corrected chi connectivity index (χ1v) is 7.90. The number of amides is 3. The van der Waals surface area contributed by atoms with Gasteiger partial charge in [0.15, 0.2) is 0 Å². The molecule has 3 aliphatic heterocycles. The van der Waals surface area contributed by atoms with Crippen molar-refractivity contribution in [3.8, 4) is 0 Å². The van der Waals surface area contributed by atoms with Crippen LogP contribution in [0.2, 0.25) is 0 Å². The lowest BCUT2D eigenvalue weighted by Gasteiger charge is -2.29. The largest absolute Gasteiger partial charge is 0.471 e. The summed E-state index contributed by atoms with van der Waals surface area (Å²) < 4.78 is 43.0. The molecule has 3 heterocycles. The van der Waals surface area contributed by atoms with E-state index in [9.17, 15) is 27.6 Å². The van der Waals surface area contributed by atoms with Crippen LogP contribution in [0.4, 0.5) is 18.9 Å². The number of nitrogens with one attached hydrogen (secondary N) is 1. The third-order valence-corrected chi connectivity index (χ3v) is 4.95. The molecule has 9 heteroatoms. The van der Waals surface area contributed by atoms with E-state index >= 15 is 0 Å². The third-order valence-electron chi connectivity index (χ3n) is 4.95. The second-order valence-corrected chi connectivity index (χ2v) is 6.43. The summed E-state index contributed by atoms with van der Waals surface area (Å²) in [6.45, 7) is -0.541. The van der Waals surface area contributed by atoms with Crippen molar-refractivity contribution in [1.82, 2.24) is 5.32 Å². The Bertz CT molecular complexity index is 823. The molecule has 4 rings (SSSR count). The Morgan fingerprint density at radius 1 is 1.19 bits per heavy atom. The number of hydrogen-bond acceptors (Lipinski definition) is 4. The Kier molecular flexibility index (Phi) is 3.49. The van der Waals surface area contributed by atoms with Gasteiger partial charge in [0.2, 0.25) is 11.8 Å². The number of carbonyl (C=O) groups excluding carboxylic acids is 3. The second kappa shape index (κ2) is 5.41. The lowest BCUT2D eigenvalue weighted by atomic mass is 9.77. The summed E-state index contributed by atoms with van der Waals surface area (Å²) in [5.41, 5.74) is -1.06. The summed E-state index contributed by atoms with van der Waals surface area (Å²) >= 11 is 0. The van der Waals surface area contributed by atoms with Crippen LogP contribution in [0.25, 0.3) is 0 Å². The number of benzene rings is 1. The number of carbonyl (C=O) groups is 3. The van der Waals surface area contributed by atoms with E-state index in [0.717, 1.165) is 4.90 Å². The predicted octanol–water partition coefficient (Wildman–Crippen LogP) is 1.18. The minimum absolute atomic E-state index is 0.394. The van der Waals surface area contributed by atoms with Crippen molar-refractivity contribution in [3.63, 3.8) is 0 Å². The van der Waals surface area contributed by atoms with Crippen molar-refractivity contribution in [2.45, 2.75) is 17.9 Å². The molecule has 2 saturated heterocycles. The molecule has 0 saturated carbocycles. The first-order valence-electron chi connectivity index (χ1n) is 7.90. The Morgan fingerprint density at radius 2 is 1.88 bits per heavy atom.